The van der Waals surface area contributed by atoms with Crippen LogP contribution in [0, 0.1) is 23.2 Å². The van der Waals surface area contributed by atoms with Crippen molar-refractivity contribution in [1.82, 2.24) is 4.90 Å². The molecule has 1 amide bonds. The highest BCUT2D eigenvalue weighted by molar-refractivity contribution is 5.91. The highest BCUT2D eigenvalue weighted by Crippen LogP contribution is 2.61. The molecule has 1 aliphatic heterocycles. The standard InChI is InChI=1S/C24H35N3O/c1-2-26-7-9-27(10-8-26)22-5-3-21(4-6-22)25-23(28)17-24-14-18-11-19(15-24)13-20(12-18)16-24/h3-6,18-20H,2,7-17H2,1H3,(H,25,28). The summed E-state index contributed by atoms with van der Waals surface area (Å²) in [5, 5.41) is 3.20. The lowest BCUT2D eigenvalue weighted by molar-refractivity contribution is -0.124. The van der Waals surface area contributed by atoms with Gasteiger partial charge in [0.25, 0.3) is 0 Å². The van der Waals surface area contributed by atoms with E-state index in [4.69, 9.17) is 0 Å². The van der Waals surface area contributed by atoms with Crippen LogP contribution in [0.15, 0.2) is 24.3 Å². The zero-order valence-electron chi connectivity index (χ0n) is 17.3. The summed E-state index contributed by atoms with van der Waals surface area (Å²) in [5.41, 5.74) is 2.54. The van der Waals surface area contributed by atoms with Gasteiger partial charge in [0.1, 0.15) is 0 Å². The number of carbonyl (C=O) groups excluding carboxylic acids is 1. The maximum Gasteiger partial charge on any atom is 0.224 e. The van der Waals surface area contributed by atoms with E-state index in [1.54, 1.807) is 0 Å². The van der Waals surface area contributed by atoms with E-state index in [9.17, 15) is 4.79 Å². The van der Waals surface area contributed by atoms with Crippen molar-refractivity contribution in [1.29, 1.82) is 0 Å². The third-order valence-electron chi connectivity index (χ3n) is 8.04. The Kier molecular flexibility index (Phi) is 4.86. The van der Waals surface area contributed by atoms with E-state index in [0.29, 0.717) is 5.41 Å². The van der Waals surface area contributed by atoms with Crippen LogP contribution < -0.4 is 10.2 Å². The van der Waals surface area contributed by atoms with Crippen LogP contribution in [0.2, 0.25) is 0 Å². The summed E-state index contributed by atoms with van der Waals surface area (Å²) in [7, 11) is 0. The number of benzene rings is 1. The third-order valence-corrected chi connectivity index (χ3v) is 8.04. The molecule has 152 valence electrons. The highest BCUT2D eigenvalue weighted by atomic mass is 16.1. The van der Waals surface area contributed by atoms with Crippen molar-refractivity contribution < 1.29 is 4.79 Å². The van der Waals surface area contributed by atoms with Crippen LogP contribution in [-0.2, 0) is 4.79 Å². The smallest absolute Gasteiger partial charge is 0.224 e. The molecule has 4 saturated carbocycles. The Morgan fingerprint density at radius 2 is 1.54 bits per heavy atom. The van der Waals surface area contributed by atoms with Gasteiger partial charge in [-0.15, -0.1) is 0 Å². The van der Waals surface area contributed by atoms with Gasteiger partial charge in [0.15, 0.2) is 0 Å². The van der Waals surface area contributed by atoms with E-state index in [0.717, 1.165) is 62.6 Å². The first kappa shape index (κ1) is 18.5. The summed E-state index contributed by atoms with van der Waals surface area (Å²) in [6.07, 6.45) is 8.95. The van der Waals surface area contributed by atoms with Crippen molar-refractivity contribution in [2.24, 2.45) is 23.2 Å². The van der Waals surface area contributed by atoms with Crippen molar-refractivity contribution in [3.05, 3.63) is 24.3 Å². The first-order chi connectivity index (χ1) is 13.6. The van der Waals surface area contributed by atoms with Gasteiger partial charge in [0, 0.05) is 44.0 Å². The molecule has 0 unspecified atom stereocenters. The SMILES string of the molecule is CCN1CCN(c2ccc(NC(=O)CC34CC5CC(CC(C5)C3)C4)cc2)CC1. The second kappa shape index (κ2) is 7.37. The van der Waals surface area contributed by atoms with E-state index >= 15 is 0 Å². The normalized spacial score (nSPS) is 34.6. The molecular formula is C24H35N3O. The molecule has 28 heavy (non-hydrogen) atoms. The summed E-state index contributed by atoms with van der Waals surface area (Å²) in [6.45, 7) is 7.83. The maximum atomic E-state index is 12.8. The van der Waals surface area contributed by atoms with E-state index in [2.05, 4.69) is 46.3 Å². The molecule has 0 radical (unpaired) electrons. The second-order valence-corrected chi connectivity index (χ2v) is 10.1. The summed E-state index contributed by atoms with van der Waals surface area (Å²) in [4.78, 5) is 17.8. The molecule has 4 bridgehead atoms. The molecule has 0 aromatic heterocycles. The number of nitrogens with zero attached hydrogens (tertiary/aromatic N) is 2. The molecule has 4 nitrogen and oxygen atoms in total. The minimum atomic E-state index is 0.228. The molecule has 0 atom stereocenters. The van der Waals surface area contributed by atoms with Gasteiger partial charge in [-0.2, -0.15) is 0 Å². The lowest BCUT2D eigenvalue weighted by atomic mass is 9.49. The van der Waals surface area contributed by atoms with Crippen LogP contribution in [0.3, 0.4) is 0 Å². The van der Waals surface area contributed by atoms with Gasteiger partial charge in [-0.1, -0.05) is 6.92 Å². The largest absolute Gasteiger partial charge is 0.369 e. The number of anilines is 2. The van der Waals surface area contributed by atoms with Gasteiger partial charge in [-0.05, 0) is 92.5 Å². The number of hydrogen-bond donors (Lipinski definition) is 1. The fourth-order valence-electron chi connectivity index (χ4n) is 7.13. The molecule has 5 fully saturated rings. The summed E-state index contributed by atoms with van der Waals surface area (Å²) < 4.78 is 0. The van der Waals surface area contributed by atoms with Crippen LogP contribution in [0.1, 0.15) is 51.9 Å². The summed E-state index contributed by atoms with van der Waals surface area (Å²) in [5.74, 6) is 2.95. The Hall–Kier alpha value is -1.55. The summed E-state index contributed by atoms with van der Waals surface area (Å²) in [6, 6.07) is 8.50. The molecule has 4 heteroatoms. The Morgan fingerprint density at radius 3 is 2.07 bits per heavy atom. The second-order valence-electron chi connectivity index (χ2n) is 10.1. The van der Waals surface area contributed by atoms with E-state index < -0.39 is 0 Å². The Labute approximate surface area is 169 Å². The zero-order chi connectivity index (χ0) is 19.1. The van der Waals surface area contributed by atoms with E-state index in [-0.39, 0.29) is 5.91 Å². The minimum Gasteiger partial charge on any atom is -0.369 e. The predicted molar refractivity (Wildman–Crippen MR) is 115 cm³/mol. The molecule has 5 aliphatic rings. The van der Waals surface area contributed by atoms with Crippen LogP contribution >= 0.6 is 0 Å². The topological polar surface area (TPSA) is 35.6 Å². The van der Waals surface area contributed by atoms with Crippen LogP contribution in [0.5, 0.6) is 0 Å². The lowest BCUT2D eigenvalue weighted by Gasteiger charge is -2.56. The van der Waals surface area contributed by atoms with Gasteiger partial charge in [0.2, 0.25) is 5.91 Å². The Morgan fingerprint density at radius 1 is 0.964 bits per heavy atom. The van der Waals surface area contributed by atoms with Crippen LogP contribution in [0.25, 0.3) is 0 Å². The fourth-order valence-corrected chi connectivity index (χ4v) is 7.13. The maximum absolute atomic E-state index is 12.8. The number of hydrogen-bond acceptors (Lipinski definition) is 3. The molecule has 0 spiro atoms. The molecule has 1 N–H and O–H groups in total. The Bertz CT molecular complexity index is 670. The number of nitrogens with one attached hydrogen (secondary N) is 1. The molecular weight excluding hydrogens is 346 g/mol. The average molecular weight is 382 g/mol. The van der Waals surface area contributed by atoms with Gasteiger partial charge < -0.3 is 15.1 Å². The summed E-state index contributed by atoms with van der Waals surface area (Å²) >= 11 is 0. The molecule has 1 saturated heterocycles. The van der Waals surface area contributed by atoms with Crippen molar-refractivity contribution in [2.45, 2.75) is 51.9 Å². The quantitative estimate of drug-likeness (QED) is 0.822. The Balaban J connectivity index is 1.17. The first-order valence-electron chi connectivity index (χ1n) is 11.5. The molecule has 6 rings (SSSR count). The van der Waals surface area contributed by atoms with Gasteiger partial charge in [0.05, 0.1) is 0 Å². The molecule has 4 aliphatic carbocycles. The van der Waals surface area contributed by atoms with Crippen LogP contribution in [-0.4, -0.2) is 43.5 Å². The number of likely N-dealkylation sites (N-methyl/N-ethyl adjacent to an activating group) is 1. The van der Waals surface area contributed by atoms with Gasteiger partial charge in [-0.3, -0.25) is 4.79 Å². The van der Waals surface area contributed by atoms with Crippen molar-refractivity contribution in [3.63, 3.8) is 0 Å². The van der Waals surface area contributed by atoms with E-state index in [1.165, 1.54) is 44.2 Å². The minimum absolute atomic E-state index is 0.228. The first-order valence-corrected chi connectivity index (χ1v) is 11.5. The number of rotatable bonds is 5. The van der Waals surface area contributed by atoms with Gasteiger partial charge >= 0.3 is 0 Å². The predicted octanol–water partition coefficient (Wildman–Crippen LogP) is 4.37. The lowest BCUT2D eigenvalue weighted by Crippen LogP contribution is -2.47. The zero-order valence-corrected chi connectivity index (χ0v) is 17.3. The third kappa shape index (κ3) is 3.68. The van der Waals surface area contributed by atoms with Crippen molar-refractivity contribution in [3.8, 4) is 0 Å². The van der Waals surface area contributed by atoms with Gasteiger partial charge in [-0.25, -0.2) is 0 Å². The van der Waals surface area contributed by atoms with Crippen molar-refractivity contribution in [2.75, 3.05) is 42.9 Å². The molecule has 1 aromatic carbocycles. The monoisotopic (exact) mass is 381 g/mol. The number of piperazine rings is 1. The number of carbonyl (C=O) groups is 1. The molecule has 1 aromatic rings. The molecule has 1 heterocycles. The fraction of sp³-hybridized carbons (Fsp3) is 0.708. The number of amides is 1. The van der Waals surface area contributed by atoms with Crippen molar-refractivity contribution >= 4 is 17.3 Å². The average Bonchev–Trinajstić information content (AvgIpc) is 2.67. The highest BCUT2D eigenvalue weighted by Gasteiger charge is 2.51. The van der Waals surface area contributed by atoms with E-state index in [1.807, 2.05) is 0 Å². The van der Waals surface area contributed by atoms with Crippen LogP contribution in [0.4, 0.5) is 11.4 Å².